The summed E-state index contributed by atoms with van der Waals surface area (Å²) in [6.45, 7) is 6.42. The van der Waals surface area contributed by atoms with E-state index >= 15 is 0 Å². The van der Waals surface area contributed by atoms with Gasteiger partial charge in [0.1, 0.15) is 5.75 Å². The van der Waals surface area contributed by atoms with Crippen LogP contribution in [0.4, 0.5) is 5.88 Å². The van der Waals surface area contributed by atoms with Crippen LogP contribution in [0.5, 0.6) is 5.75 Å². The highest BCUT2D eigenvalue weighted by Gasteiger charge is 2.19. The number of hydrogen-bond donors (Lipinski definition) is 1. The van der Waals surface area contributed by atoms with Gasteiger partial charge in [-0.1, -0.05) is 30.6 Å². The van der Waals surface area contributed by atoms with E-state index in [2.05, 4.69) is 25.1 Å². The molecular formula is C16H22N2O2. The lowest BCUT2D eigenvalue weighted by molar-refractivity contribution is 0.416. The quantitative estimate of drug-likeness (QED) is 0.900. The van der Waals surface area contributed by atoms with Crippen LogP contribution in [0, 0.1) is 12.8 Å². The lowest BCUT2D eigenvalue weighted by Gasteiger charge is -2.10. The lowest BCUT2D eigenvalue weighted by Crippen LogP contribution is -1.97. The average molecular weight is 274 g/mol. The molecular weight excluding hydrogens is 252 g/mol. The Kier molecular flexibility index (Phi) is 4.32. The van der Waals surface area contributed by atoms with Crippen LogP contribution in [0.25, 0.3) is 11.1 Å². The summed E-state index contributed by atoms with van der Waals surface area (Å²) in [5.74, 6) is 1.75. The van der Waals surface area contributed by atoms with Crippen molar-refractivity contribution in [3.8, 4) is 16.9 Å². The van der Waals surface area contributed by atoms with E-state index in [1.807, 2.05) is 19.1 Å². The fraction of sp³-hybridized carbons (Fsp3) is 0.438. The van der Waals surface area contributed by atoms with Crippen molar-refractivity contribution < 1.29 is 9.26 Å². The summed E-state index contributed by atoms with van der Waals surface area (Å²) in [5.41, 5.74) is 9.84. The second-order valence-electron chi connectivity index (χ2n) is 5.50. The first kappa shape index (κ1) is 14.4. The van der Waals surface area contributed by atoms with Gasteiger partial charge in [0.25, 0.3) is 0 Å². The van der Waals surface area contributed by atoms with Gasteiger partial charge in [-0.25, -0.2) is 0 Å². The van der Waals surface area contributed by atoms with E-state index in [9.17, 15) is 0 Å². The minimum Gasteiger partial charge on any atom is -0.496 e. The van der Waals surface area contributed by atoms with Crippen LogP contribution in [0.1, 0.15) is 31.5 Å². The third kappa shape index (κ3) is 2.95. The summed E-state index contributed by atoms with van der Waals surface area (Å²) in [7, 11) is 1.66. The molecule has 0 atom stereocenters. The largest absolute Gasteiger partial charge is 0.496 e. The van der Waals surface area contributed by atoms with Gasteiger partial charge >= 0.3 is 0 Å². The van der Waals surface area contributed by atoms with Gasteiger partial charge in [-0.05, 0) is 37.8 Å². The van der Waals surface area contributed by atoms with Gasteiger partial charge in [0.15, 0.2) is 0 Å². The van der Waals surface area contributed by atoms with Gasteiger partial charge in [0, 0.05) is 5.56 Å². The number of hydrogen-bond acceptors (Lipinski definition) is 4. The molecule has 0 spiro atoms. The van der Waals surface area contributed by atoms with E-state index < -0.39 is 0 Å². The Bertz CT molecular complexity index is 588. The van der Waals surface area contributed by atoms with Gasteiger partial charge in [0.05, 0.1) is 18.4 Å². The number of nitrogens with two attached hydrogens (primary N) is 1. The van der Waals surface area contributed by atoms with Gasteiger partial charge in [-0.15, -0.1) is 0 Å². The molecule has 2 aromatic rings. The number of methoxy groups -OCH3 is 1. The second kappa shape index (κ2) is 5.99. The smallest absolute Gasteiger partial charge is 0.230 e. The molecule has 0 fully saturated rings. The Morgan fingerprint density at radius 2 is 2.10 bits per heavy atom. The van der Waals surface area contributed by atoms with E-state index in [1.165, 1.54) is 0 Å². The molecule has 1 aromatic carbocycles. The summed E-state index contributed by atoms with van der Waals surface area (Å²) >= 11 is 0. The first-order valence-corrected chi connectivity index (χ1v) is 6.92. The molecule has 0 saturated heterocycles. The van der Waals surface area contributed by atoms with Crippen molar-refractivity contribution in [2.45, 2.75) is 33.6 Å². The van der Waals surface area contributed by atoms with Crippen LogP contribution in [0.2, 0.25) is 0 Å². The molecule has 0 aliphatic heterocycles. The molecule has 2 rings (SSSR count). The van der Waals surface area contributed by atoms with Gasteiger partial charge in [-0.3, -0.25) is 0 Å². The van der Waals surface area contributed by atoms with Crippen molar-refractivity contribution in [2.24, 2.45) is 5.92 Å². The number of aryl methyl sites for hydroxylation is 2. The Balaban J connectivity index is 2.46. The number of rotatable bonds is 5. The topological polar surface area (TPSA) is 61.3 Å². The van der Waals surface area contributed by atoms with Gasteiger partial charge in [0.2, 0.25) is 5.88 Å². The zero-order valence-corrected chi connectivity index (χ0v) is 12.6. The third-order valence-electron chi connectivity index (χ3n) is 3.37. The number of nitrogens with zero attached hydrogens (tertiary/aromatic N) is 1. The maximum absolute atomic E-state index is 5.97. The molecule has 108 valence electrons. The van der Waals surface area contributed by atoms with Crippen LogP contribution in [-0.4, -0.2) is 12.3 Å². The standard InChI is InChI=1S/C16H22N2O2/c1-10(2)5-7-13-15(16(17)20-18-13)12-9-11(3)6-8-14(12)19-4/h6,8-10H,5,7,17H2,1-4H3. The average Bonchev–Trinajstić information content (AvgIpc) is 2.77. The summed E-state index contributed by atoms with van der Waals surface area (Å²) in [6.07, 6.45) is 1.90. The minimum atomic E-state index is 0.354. The van der Waals surface area contributed by atoms with Crippen LogP contribution >= 0.6 is 0 Å². The predicted octanol–water partition coefficient (Wildman–Crippen LogP) is 3.83. The molecule has 0 aliphatic rings. The third-order valence-corrected chi connectivity index (χ3v) is 3.37. The van der Waals surface area contributed by atoms with Crippen molar-refractivity contribution in [1.29, 1.82) is 0 Å². The first-order valence-electron chi connectivity index (χ1n) is 6.92. The Hall–Kier alpha value is -1.97. The van der Waals surface area contributed by atoms with Crippen LogP contribution in [0.3, 0.4) is 0 Å². The van der Waals surface area contributed by atoms with Crippen LogP contribution < -0.4 is 10.5 Å². The monoisotopic (exact) mass is 274 g/mol. The Morgan fingerprint density at radius 1 is 1.35 bits per heavy atom. The molecule has 0 amide bonds. The highest BCUT2D eigenvalue weighted by molar-refractivity contribution is 5.80. The number of aromatic nitrogens is 1. The maximum Gasteiger partial charge on any atom is 0.230 e. The van der Waals surface area contributed by atoms with Crippen molar-refractivity contribution in [3.63, 3.8) is 0 Å². The van der Waals surface area contributed by atoms with E-state index in [1.54, 1.807) is 7.11 Å². The SMILES string of the molecule is COc1ccc(C)cc1-c1c(CCC(C)C)noc1N. The normalized spacial score (nSPS) is 11.1. The molecule has 0 aliphatic carbocycles. The fourth-order valence-electron chi connectivity index (χ4n) is 2.24. The summed E-state index contributed by atoms with van der Waals surface area (Å²) in [5, 5.41) is 4.11. The molecule has 0 bridgehead atoms. The summed E-state index contributed by atoms with van der Waals surface area (Å²) < 4.78 is 10.6. The van der Waals surface area contributed by atoms with E-state index in [0.717, 1.165) is 41.0 Å². The fourth-order valence-corrected chi connectivity index (χ4v) is 2.24. The number of nitrogen functional groups attached to an aromatic ring is 1. The summed E-state index contributed by atoms with van der Waals surface area (Å²) in [6, 6.07) is 6.02. The molecule has 1 heterocycles. The van der Waals surface area contributed by atoms with E-state index in [4.69, 9.17) is 15.0 Å². The molecule has 0 radical (unpaired) electrons. The van der Waals surface area contributed by atoms with Gasteiger partial charge in [-0.2, -0.15) is 0 Å². The molecule has 4 nitrogen and oxygen atoms in total. The lowest BCUT2D eigenvalue weighted by atomic mass is 9.98. The summed E-state index contributed by atoms with van der Waals surface area (Å²) in [4.78, 5) is 0. The molecule has 4 heteroatoms. The number of ether oxygens (including phenoxy) is 1. The van der Waals surface area contributed by atoms with Gasteiger partial charge < -0.3 is 15.0 Å². The van der Waals surface area contributed by atoms with Crippen molar-refractivity contribution in [2.75, 3.05) is 12.8 Å². The minimum absolute atomic E-state index is 0.354. The second-order valence-corrected chi connectivity index (χ2v) is 5.50. The Labute approximate surface area is 119 Å². The van der Waals surface area contributed by atoms with Crippen molar-refractivity contribution in [3.05, 3.63) is 29.5 Å². The van der Waals surface area contributed by atoms with Crippen LogP contribution in [-0.2, 0) is 6.42 Å². The van der Waals surface area contributed by atoms with Crippen molar-refractivity contribution >= 4 is 5.88 Å². The van der Waals surface area contributed by atoms with E-state index in [-0.39, 0.29) is 0 Å². The number of benzene rings is 1. The van der Waals surface area contributed by atoms with E-state index in [0.29, 0.717) is 11.8 Å². The highest BCUT2D eigenvalue weighted by atomic mass is 16.5. The molecule has 20 heavy (non-hydrogen) atoms. The predicted molar refractivity (Wildman–Crippen MR) is 80.8 cm³/mol. The zero-order valence-electron chi connectivity index (χ0n) is 12.6. The molecule has 2 N–H and O–H groups in total. The molecule has 0 unspecified atom stereocenters. The Morgan fingerprint density at radius 3 is 2.75 bits per heavy atom. The van der Waals surface area contributed by atoms with Crippen molar-refractivity contribution in [1.82, 2.24) is 5.16 Å². The molecule has 1 aromatic heterocycles. The maximum atomic E-state index is 5.97. The zero-order chi connectivity index (χ0) is 14.7. The first-order chi connectivity index (χ1) is 9.52. The van der Waals surface area contributed by atoms with Crippen LogP contribution in [0.15, 0.2) is 22.7 Å². The highest BCUT2D eigenvalue weighted by Crippen LogP contribution is 2.37. The number of anilines is 1. The molecule has 0 saturated carbocycles.